The van der Waals surface area contributed by atoms with E-state index in [1.54, 1.807) is 0 Å². The second-order valence-electron chi connectivity index (χ2n) is 2.64. The van der Waals surface area contributed by atoms with E-state index in [1.807, 2.05) is 13.8 Å². The first-order valence-electron chi connectivity index (χ1n) is 5.01. The zero-order valence-electron chi connectivity index (χ0n) is 9.34. The molecule has 0 radical (unpaired) electrons. The van der Waals surface area contributed by atoms with Crippen molar-refractivity contribution >= 4 is 17.3 Å². The molecule has 0 bridgehead atoms. The molecule has 5 heteroatoms. The van der Waals surface area contributed by atoms with Gasteiger partial charge in [0.15, 0.2) is 0 Å². The summed E-state index contributed by atoms with van der Waals surface area (Å²) in [6.45, 7) is 4.31. The molecule has 1 aromatic carbocycles. The molecule has 0 aliphatic heterocycles. The molecule has 0 aromatic heterocycles. The Morgan fingerprint density at radius 2 is 2.00 bits per heavy atom. The van der Waals surface area contributed by atoms with Crippen molar-refractivity contribution in [3.8, 4) is 5.75 Å². The molecule has 0 heterocycles. The smallest absolute Gasteiger partial charge is 0.263 e. The Labute approximate surface area is 99.3 Å². The van der Waals surface area contributed by atoms with E-state index in [1.165, 1.54) is 18.2 Å². The average Bonchev–Trinajstić information content (AvgIpc) is 2.30. The lowest BCUT2D eigenvalue weighted by Gasteiger charge is -2.08. The highest BCUT2D eigenvalue weighted by Gasteiger charge is 2.09. The molecule has 1 rings (SSSR count). The van der Waals surface area contributed by atoms with E-state index in [-0.39, 0.29) is 11.3 Å². The van der Waals surface area contributed by atoms with Gasteiger partial charge in [-0.25, -0.2) is 8.78 Å². The molecular formula is C11H16ClF2NO. The van der Waals surface area contributed by atoms with Gasteiger partial charge in [-0.1, -0.05) is 13.8 Å². The molecule has 0 fully saturated rings. The molecule has 0 aliphatic rings. The summed E-state index contributed by atoms with van der Waals surface area (Å²) in [5.41, 5.74) is 5.59. The summed E-state index contributed by atoms with van der Waals surface area (Å²) >= 11 is 5.40. The number of anilines is 1. The molecule has 0 saturated carbocycles. The summed E-state index contributed by atoms with van der Waals surface area (Å²) < 4.78 is 29.5. The van der Waals surface area contributed by atoms with Crippen LogP contribution in [-0.2, 0) is 0 Å². The van der Waals surface area contributed by atoms with Crippen LogP contribution in [0.1, 0.15) is 25.8 Å². The molecule has 2 N–H and O–H groups in total. The first-order valence-corrected chi connectivity index (χ1v) is 5.55. The zero-order valence-corrected chi connectivity index (χ0v) is 10.1. The van der Waals surface area contributed by atoms with Crippen LogP contribution in [0.2, 0.25) is 0 Å². The van der Waals surface area contributed by atoms with Gasteiger partial charge >= 0.3 is 0 Å². The lowest BCUT2D eigenvalue weighted by atomic mass is 10.2. The number of nitrogen functional groups attached to an aromatic ring is 1. The molecule has 2 nitrogen and oxygen atoms in total. The predicted molar refractivity (Wildman–Crippen MR) is 63.4 cm³/mol. The van der Waals surface area contributed by atoms with Gasteiger partial charge in [-0.3, -0.25) is 0 Å². The van der Waals surface area contributed by atoms with Crippen molar-refractivity contribution in [2.45, 2.75) is 20.3 Å². The second-order valence-corrected chi connectivity index (χ2v) is 3.01. The van der Waals surface area contributed by atoms with Crippen molar-refractivity contribution < 1.29 is 13.5 Å². The van der Waals surface area contributed by atoms with Gasteiger partial charge < -0.3 is 10.5 Å². The van der Waals surface area contributed by atoms with E-state index < -0.39 is 6.43 Å². The minimum atomic E-state index is -2.51. The Morgan fingerprint density at radius 1 is 1.38 bits per heavy atom. The van der Waals surface area contributed by atoms with Gasteiger partial charge in [-0.05, 0) is 18.2 Å². The van der Waals surface area contributed by atoms with Crippen molar-refractivity contribution in [2.24, 2.45) is 0 Å². The highest BCUT2D eigenvalue weighted by Crippen LogP contribution is 2.27. The Hall–Kier alpha value is -1.03. The first-order chi connectivity index (χ1) is 7.65. The summed E-state index contributed by atoms with van der Waals surface area (Å²) in [6.07, 6.45) is -2.51. The van der Waals surface area contributed by atoms with Crippen LogP contribution in [0.15, 0.2) is 18.2 Å². The number of hydrogen-bond donors (Lipinski definition) is 1. The number of halogens is 3. The van der Waals surface area contributed by atoms with Crippen LogP contribution in [0.5, 0.6) is 5.75 Å². The van der Waals surface area contributed by atoms with Crippen LogP contribution in [0.4, 0.5) is 14.5 Å². The van der Waals surface area contributed by atoms with Gasteiger partial charge in [0, 0.05) is 5.56 Å². The molecule has 1 aromatic rings. The van der Waals surface area contributed by atoms with Gasteiger partial charge in [-0.15, -0.1) is 11.6 Å². The fraction of sp³-hybridized carbons (Fsp3) is 0.455. The lowest BCUT2D eigenvalue weighted by molar-refractivity contribution is 0.151. The van der Waals surface area contributed by atoms with Crippen molar-refractivity contribution in [2.75, 3.05) is 18.2 Å². The van der Waals surface area contributed by atoms with Crippen LogP contribution in [0, 0.1) is 0 Å². The van der Waals surface area contributed by atoms with Crippen LogP contribution < -0.4 is 10.5 Å². The molecule has 0 spiro atoms. The van der Waals surface area contributed by atoms with Gasteiger partial charge in [0.05, 0.1) is 11.6 Å². The third-order valence-corrected chi connectivity index (χ3v) is 1.77. The lowest BCUT2D eigenvalue weighted by Crippen LogP contribution is -2.01. The number of benzene rings is 1. The monoisotopic (exact) mass is 251 g/mol. The van der Waals surface area contributed by atoms with Gasteiger partial charge in [0.25, 0.3) is 6.43 Å². The fourth-order valence-corrected chi connectivity index (χ4v) is 1.06. The number of nitrogens with two attached hydrogens (primary N) is 1. The Bertz CT molecular complexity index is 308. The molecule has 92 valence electrons. The van der Waals surface area contributed by atoms with E-state index in [0.717, 1.165) is 0 Å². The topological polar surface area (TPSA) is 35.2 Å². The molecule has 0 aliphatic carbocycles. The summed E-state index contributed by atoms with van der Waals surface area (Å²) in [6, 6.07) is 3.90. The second kappa shape index (κ2) is 8.16. The van der Waals surface area contributed by atoms with E-state index in [9.17, 15) is 8.78 Å². The van der Waals surface area contributed by atoms with E-state index in [4.69, 9.17) is 22.1 Å². The maximum Gasteiger partial charge on any atom is 0.263 e. The molecule has 0 atom stereocenters. The highest BCUT2D eigenvalue weighted by molar-refractivity contribution is 6.18. The largest absolute Gasteiger partial charge is 0.490 e. The van der Waals surface area contributed by atoms with Gasteiger partial charge in [0.2, 0.25) is 0 Å². The number of rotatable bonds is 4. The summed E-state index contributed by atoms with van der Waals surface area (Å²) in [5.74, 6) is 0.714. The SMILES string of the molecule is CC.Nc1cc(C(F)F)ccc1OCCCl. The van der Waals surface area contributed by atoms with E-state index in [2.05, 4.69) is 0 Å². The van der Waals surface area contributed by atoms with Crippen molar-refractivity contribution in [1.82, 2.24) is 0 Å². The predicted octanol–water partition coefficient (Wildman–Crippen LogP) is 3.85. The third kappa shape index (κ3) is 4.66. The summed E-state index contributed by atoms with van der Waals surface area (Å²) in [7, 11) is 0. The number of ether oxygens (including phenoxy) is 1. The minimum Gasteiger partial charge on any atom is -0.490 e. The van der Waals surface area contributed by atoms with E-state index in [0.29, 0.717) is 18.2 Å². The number of alkyl halides is 3. The quantitative estimate of drug-likeness (QED) is 0.652. The maximum atomic E-state index is 12.2. The first kappa shape index (κ1) is 15.0. The van der Waals surface area contributed by atoms with Crippen molar-refractivity contribution in [1.29, 1.82) is 0 Å². The normalized spacial score (nSPS) is 9.62. The number of hydrogen-bond acceptors (Lipinski definition) is 2. The Kier molecular flexibility index (Phi) is 7.64. The maximum absolute atomic E-state index is 12.2. The summed E-state index contributed by atoms with van der Waals surface area (Å²) in [5, 5.41) is 0. The fourth-order valence-electron chi connectivity index (χ4n) is 0.983. The Morgan fingerprint density at radius 3 is 2.44 bits per heavy atom. The summed E-state index contributed by atoms with van der Waals surface area (Å²) in [4.78, 5) is 0. The van der Waals surface area contributed by atoms with Crippen LogP contribution in [-0.4, -0.2) is 12.5 Å². The Balaban J connectivity index is 0.00000106. The van der Waals surface area contributed by atoms with Gasteiger partial charge in [0.1, 0.15) is 12.4 Å². The van der Waals surface area contributed by atoms with E-state index >= 15 is 0 Å². The van der Waals surface area contributed by atoms with Gasteiger partial charge in [-0.2, -0.15) is 0 Å². The van der Waals surface area contributed by atoms with Crippen LogP contribution in [0.3, 0.4) is 0 Å². The minimum absolute atomic E-state index is 0.110. The van der Waals surface area contributed by atoms with Crippen LogP contribution >= 0.6 is 11.6 Å². The van der Waals surface area contributed by atoms with Crippen molar-refractivity contribution in [3.05, 3.63) is 23.8 Å². The molecule has 16 heavy (non-hydrogen) atoms. The molecule has 0 unspecified atom stereocenters. The average molecular weight is 252 g/mol. The third-order valence-electron chi connectivity index (χ3n) is 1.62. The highest BCUT2D eigenvalue weighted by atomic mass is 35.5. The molecule has 0 amide bonds. The molecular weight excluding hydrogens is 236 g/mol. The zero-order chi connectivity index (χ0) is 12.6. The standard InChI is InChI=1S/C9H10ClF2NO.C2H6/c10-3-4-14-8-2-1-6(9(11)12)5-7(8)13;1-2/h1-2,5,9H,3-4,13H2;1-2H3. The van der Waals surface area contributed by atoms with Crippen LogP contribution in [0.25, 0.3) is 0 Å². The molecule has 0 saturated heterocycles. The van der Waals surface area contributed by atoms with Crippen molar-refractivity contribution in [3.63, 3.8) is 0 Å².